The number of piperazine rings is 1. The highest BCUT2D eigenvalue weighted by molar-refractivity contribution is 7.11. The van der Waals surface area contributed by atoms with Crippen LogP contribution in [0.15, 0.2) is 35.3 Å². The Bertz CT molecular complexity index is 827. The summed E-state index contributed by atoms with van der Waals surface area (Å²) in [7, 11) is 0. The fourth-order valence-electron chi connectivity index (χ4n) is 3.34. The highest BCUT2D eigenvalue weighted by Gasteiger charge is 2.21. The minimum atomic E-state index is 0.0692. The van der Waals surface area contributed by atoms with Gasteiger partial charge in [-0.2, -0.15) is 0 Å². The lowest BCUT2D eigenvalue weighted by molar-refractivity contribution is -0.129. The predicted octanol–water partition coefficient (Wildman–Crippen LogP) is 2.16. The second-order valence-corrected chi connectivity index (χ2v) is 8.28. The van der Waals surface area contributed by atoms with Gasteiger partial charge >= 0.3 is 0 Å². The van der Waals surface area contributed by atoms with Crippen LogP contribution in [0.4, 0.5) is 5.69 Å². The zero-order valence-electron chi connectivity index (χ0n) is 17.4. The van der Waals surface area contributed by atoms with Crippen molar-refractivity contribution in [1.82, 2.24) is 20.5 Å². The number of aliphatic imine (C=N–C) groups is 1. The van der Waals surface area contributed by atoms with E-state index in [0.717, 1.165) is 43.4 Å². The lowest BCUT2D eigenvalue weighted by Gasteiger charge is -2.36. The third kappa shape index (κ3) is 5.93. The van der Waals surface area contributed by atoms with Crippen molar-refractivity contribution < 1.29 is 4.79 Å². The molecule has 29 heavy (non-hydrogen) atoms. The normalized spacial score (nSPS) is 14.8. The topological polar surface area (TPSA) is 72.9 Å². The summed E-state index contributed by atoms with van der Waals surface area (Å²) in [5, 5.41) is 7.58. The zero-order chi connectivity index (χ0) is 20.6. The van der Waals surface area contributed by atoms with E-state index < -0.39 is 0 Å². The van der Waals surface area contributed by atoms with Gasteiger partial charge in [0.25, 0.3) is 0 Å². The number of hydrogen-bond acceptors (Lipinski definition) is 5. The van der Waals surface area contributed by atoms with E-state index in [1.54, 1.807) is 11.3 Å². The number of carbonyl (C=O) groups is 1. The molecule has 1 aliphatic heterocycles. The van der Waals surface area contributed by atoms with E-state index in [-0.39, 0.29) is 12.5 Å². The average Bonchev–Trinajstić information content (AvgIpc) is 3.07. The molecule has 0 unspecified atom stereocenters. The lowest BCUT2D eigenvalue weighted by atomic mass is 10.2. The molecule has 3 rings (SSSR count). The minimum absolute atomic E-state index is 0.0692. The van der Waals surface area contributed by atoms with E-state index in [1.165, 1.54) is 10.6 Å². The molecule has 0 bridgehead atoms. The second kappa shape index (κ2) is 10.2. The summed E-state index contributed by atoms with van der Waals surface area (Å²) in [6.45, 7) is 10.8. The van der Waals surface area contributed by atoms with E-state index >= 15 is 0 Å². The fraction of sp³-hybridized carbons (Fsp3) is 0.476. The molecule has 2 N–H and O–H groups in total. The molecule has 2 aromatic rings. The number of nitrogens with one attached hydrogen (secondary N) is 2. The maximum Gasteiger partial charge on any atom is 0.244 e. The average molecular weight is 415 g/mol. The Morgan fingerprint density at radius 3 is 2.48 bits per heavy atom. The van der Waals surface area contributed by atoms with Crippen molar-refractivity contribution >= 4 is 28.9 Å². The van der Waals surface area contributed by atoms with Gasteiger partial charge in [0, 0.05) is 43.3 Å². The van der Waals surface area contributed by atoms with Crippen molar-refractivity contribution in [2.24, 2.45) is 4.99 Å². The summed E-state index contributed by atoms with van der Waals surface area (Å²) in [5.74, 6) is 0.731. The maximum atomic E-state index is 12.6. The van der Waals surface area contributed by atoms with Crippen molar-refractivity contribution in [1.29, 1.82) is 0 Å². The standard InChI is InChI=1S/C21H30N6OS/c1-4-22-21(23-14-19-16(2)25-17(3)29-19)24-15-20(28)27-12-10-26(11-13-27)18-8-6-5-7-9-18/h5-9H,4,10-15H2,1-3H3,(H2,22,23,24). The Balaban J connectivity index is 1.50. The molecule has 7 nitrogen and oxygen atoms in total. The minimum Gasteiger partial charge on any atom is -0.368 e. The fourth-order valence-corrected chi connectivity index (χ4v) is 4.22. The summed E-state index contributed by atoms with van der Waals surface area (Å²) in [6, 6.07) is 10.3. The SMILES string of the molecule is CCNC(=NCC(=O)N1CCN(c2ccccc2)CC1)NCc1sc(C)nc1C. The summed E-state index contributed by atoms with van der Waals surface area (Å²) in [5.41, 5.74) is 2.26. The van der Waals surface area contributed by atoms with Gasteiger partial charge in [-0.05, 0) is 32.9 Å². The second-order valence-electron chi connectivity index (χ2n) is 6.99. The van der Waals surface area contributed by atoms with Crippen LogP contribution in [-0.4, -0.2) is 61.0 Å². The van der Waals surface area contributed by atoms with Crippen LogP contribution in [0, 0.1) is 13.8 Å². The summed E-state index contributed by atoms with van der Waals surface area (Å²) >= 11 is 1.68. The van der Waals surface area contributed by atoms with E-state index in [9.17, 15) is 4.79 Å². The molecule has 1 amide bonds. The molecular weight excluding hydrogens is 384 g/mol. The van der Waals surface area contributed by atoms with Gasteiger partial charge < -0.3 is 20.4 Å². The number of para-hydroxylation sites is 1. The number of rotatable bonds is 6. The van der Waals surface area contributed by atoms with Gasteiger partial charge in [0.1, 0.15) is 6.54 Å². The monoisotopic (exact) mass is 414 g/mol. The first-order chi connectivity index (χ1) is 14.1. The van der Waals surface area contributed by atoms with Gasteiger partial charge in [-0.3, -0.25) is 4.79 Å². The van der Waals surface area contributed by atoms with Gasteiger partial charge in [0.15, 0.2) is 5.96 Å². The molecule has 156 valence electrons. The summed E-state index contributed by atoms with van der Waals surface area (Å²) < 4.78 is 0. The Morgan fingerprint density at radius 1 is 1.14 bits per heavy atom. The number of hydrogen-bond donors (Lipinski definition) is 2. The smallest absolute Gasteiger partial charge is 0.244 e. The summed E-state index contributed by atoms with van der Waals surface area (Å²) in [4.78, 5) is 27.0. The molecule has 0 atom stereocenters. The Kier molecular flexibility index (Phi) is 7.46. The van der Waals surface area contributed by atoms with Gasteiger partial charge in [-0.1, -0.05) is 18.2 Å². The molecule has 0 saturated carbocycles. The number of benzene rings is 1. The van der Waals surface area contributed by atoms with Crippen molar-refractivity contribution in [2.75, 3.05) is 44.2 Å². The van der Waals surface area contributed by atoms with Crippen LogP contribution >= 0.6 is 11.3 Å². The molecule has 8 heteroatoms. The van der Waals surface area contributed by atoms with E-state index in [1.807, 2.05) is 43.9 Å². The number of aromatic nitrogens is 1. The number of carbonyl (C=O) groups excluding carboxylic acids is 1. The van der Waals surface area contributed by atoms with Crippen LogP contribution in [0.3, 0.4) is 0 Å². The molecule has 0 radical (unpaired) electrons. The van der Waals surface area contributed by atoms with E-state index in [2.05, 4.69) is 37.6 Å². The zero-order valence-corrected chi connectivity index (χ0v) is 18.3. The molecule has 1 fully saturated rings. The Morgan fingerprint density at radius 2 is 1.86 bits per heavy atom. The van der Waals surface area contributed by atoms with E-state index in [0.29, 0.717) is 12.5 Å². The summed E-state index contributed by atoms with van der Waals surface area (Å²) in [6.07, 6.45) is 0. The third-order valence-corrected chi connectivity index (χ3v) is 5.96. The van der Waals surface area contributed by atoms with Gasteiger partial charge in [-0.25, -0.2) is 9.98 Å². The van der Waals surface area contributed by atoms with Gasteiger partial charge in [0.05, 0.1) is 17.2 Å². The van der Waals surface area contributed by atoms with Crippen LogP contribution in [-0.2, 0) is 11.3 Å². The number of guanidine groups is 1. The number of anilines is 1. The molecule has 1 aromatic heterocycles. The molecular formula is C21H30N6OS. The molecule has 1 aliphatic rings. The van der Waals surface area contributed by atoms with Crippen LogP contribution in [0.2, 0.25) is 0 Å². The molecule has 0 spiro atoms. The quantitative estimate of drug-likeness (QED) is 0.560. The van der Waals surface area contributed by atoms with Crippen LogP contribution < -0.4 is 15.5 Å². The first-order valence-electron chi connectivity index (χ1n) is 10.1. The molecule has 1 saturated heterocycles. The molecule has 1 aromatic carbocycles. The highest BCUT2D eigenvalue weighted by Crippen LogP contribution is 2.17. The van der Waals surface area contributed by atoms with Gasteiger partial charge in [0.2, 0.25) is 5.91 Å². The molecule has 0 aliphatic carbocycles. The maximum absolute atomic E-state index is 12.6. The van der Waals surface area contributed by atoms with Crippen LogP contribution in [0.25, 0.3) is 0 Å². The Hall–Kier alpha value is -2.61. The van der Waals surface area contributed by atoms with Gasteiger partial charge in [-0.15, -0.1) is 11.3 Å². The van der Waals surface area contributed by atoms with Crippen molar-refractivity contribution in [3.05, 3.63) is 45.9 Å². The predicted molar refractivity (Wildman–Crippen MR) is 120 cm³/mol. The first kappa shape index (κ1) is 21.1. The van der Waals surface area contributed by atoms with Crippen molar-refractivity contribution in [2.45, 2.75) is 27.3 Å². The van der Waals surface area contributed by atoms with Crippen LogP contribution in [0.1, 0.15) is 22.5 Å². The van der Waals surface area contributed by atoms with Crippen LogP contribution in [0.5, 0.6) is 0 Å². The van der Waals surface area contributed by atoms with Crippen molar-refractivity contribution in [3.8, 4) is 0 Å². The molecule has 2 heterocycles. The first-order valence-corrected chi connectivity index (χ1v) is 10.9. The number of thiazole rings is 1. The lowest BCUT2D eigenvalue weighted by Crippen LogP contribution is -2.49. The van der Waals surface area contributed by atoms with Crippen molar-refractivity contribution in [3.63, 3.8) is 0 Å². The highest BCUT2D eigenvalue weighted by atomic mass is 32.1. The Labute approximate surface area is 176 Å². The third-order valence-electron chi connectivity index (χ3n) is 4.89. The number of amides is 1. The largest absolute Gasteiger partial charge is 0.368 e. The number of aryl methyl sites for hydroxylation is 2. The van der Waals surface area contributed by atoms with E-state index in [4.69, 9.17) is 0 Å². The number of nitrogens with zero attached hydrogens (tertiary/aromatic N) is 4.